The highest BCUT2D eigenvalue weighted by molar-refractivity contribution is 6.11. The highest BCUT2D eigenvalue weighted by Crippen LogP contribution is 2.49. The molecule has 3 aromatic carbocycles. The maximum atomic E-state index is 14.2. The van der Waals surface area contributed by atoms with Crippen LogP contribution in [0.2, 0.25) is 0 Å². The first kappa shape index (κ1) is 19.2. The SMILES string of the molecule is CN(C)CC[C@]1(c2ccccc2)C(=O)N(N(C)c2ccccc2)c2ccccc21. The number of carbonyl (C=O) groups is 1. The number of benzene rings is 3. The fraction of sp³-hybridized carbons (Fsp3) is 0.240. The normalized spacial score (nSPS) is 18.2. The highest BCUT2D eigenvalue weighted by Gasteiger charge is 2.53. The van der Waals surface area contributed by atoms with Gasteiger partial charge in [0, 0.05) is 7.05 Å². The molecule has 148 valence electrons. The number of hydrogen-bond donors (Lipinski definition) is 0. The number of rotatable bonds is 6. The van der Waals surface area contributed by atoms with E-state index in [1.165, 1.54) is 0 Å². The molecule has 0 bridgehead atoms. The van der Waals surface area contributed by atoms with Crippen molar-refractivity contribution >= 4 is 17.3 Å². The van der Waals surface area contributed by atoms with Crippen LogP contribution in [0.15, 0.2) is 84.9 Å². The lowest BCUT2D eigenvalue weighted by atomic mass is 9.73. The first-order chi connectivity index (χ1) is 14.1. The van der Waals surface area contributed by atoms with Crippen LogP contribution in [0.1, 0.15) is 17.5 Å². The van der Waals surface area contributed by atoms with Gasteiger partial charge in [-0.25, -0.2) is 5.01 Å². The van der Waals surface area contributed by atoms with Crippen LogP contribution in [0, 0.1) is 0 Å². The lowest BCUT2D eigenvalue weighted by molar-refractivity contribution is -0.122. The Morgan fingerprint density at radius 2 is 1.38 bits per heavy atom. The van der Waals surface area contributed by atoms with Crippen LogP contribution in [-0.4, -0.2) is 38.5 Å². The molecule has 29 heavy (non-hydrogen) atoms. The Balaban J connectivity index is 1.89. The molecule has 1 atom stereocenters. The van der Waals surface area contributed by atoms with Crippen molar-refractivity contribution in [2.75, 3.05) is 37.7 Å². The summed E-state index contributed by atoms with van der Waals surface area (Å²) in [7, 11) is 6.06. The van der Waals surface area contributed by atoms with Crippen molar-refractivity contribution in [1.82, 2.24) is 4.90 Å². The lowest BCUT2D eigenvalue weighted by Crippen LogP contribution is -2.49. The largest absolute Gasteiger partial charge is 0.309 e. The second-order valence-electron chi connectivity index (χ2n) is 7.82. The molecule has 0 aliphatic carbocycles. The minimum absolute atomic E-state index is 0.0955. The zero-order valence-corrected chi connectivity index (χ0v) is 17.2. The Morgan fingerprint density at radius 3 is 2.03 bits per heavy atom. The molecule has 4 heteroatoms. The number of anilines is 2. The van der Waals surface area contributed by atoms with Crippen molar-refractivity contribution in [1.29, 1.82) is 0 Å². The molecule has 0 aromatic heterocycles. The monoisotopic (exact) mass is 385 g/mol. The molecule has 1 aliphatic heterocycles. The Bertz CT molecular complexity index is 987. The van der Waals surface area contributed by atoms with Gasteiger partial charge in [0.15, 0.2) is 0 Å². The van der Waals surface area contributed by atoms with E-state index < -0.39 is 5.41 Å². The van der Waals surface area contributed by atoms with Crippen LogP contribution < -0.4 is 10.0 Å². The number of hydrazine groups is 1. The molecule has 1 amide bonds. The third-order valence-corrected chi connectivity index (χ3v) is 5.78. The predicted octanol–water partition coefficient (Wildman–Crippen LogP) is 4.32. The summed E-state index contributed by atoms with van der Waals surface area (Å²) in [5, 5.41) is 3.80. The molecule has 0 saturated heterocycles. The molecule has 4 rings (SSSR count). The first-order valence-corrected chi connectivity index (χ1v) is 9.99. The van der Waals surface area contributed by atoms with Gasteiger partial charge >= 0.3 is 0 Å². The molecule has 1 heterocycles. The maximum Gasteiger partial charge on any atom is 0.261 e. The van der Waals surface area contributed by atoms with Crippen molar-refractivity contribution in [2.45, 2.75) is 11.8 Å². The van der Waals surface area contributed by atoms with E-state index in [4.69, 9.17) is 0 Å². The molecular formula is C25H27N3O. The second-order valence-corrected chi connectivity index (χ2v) is 7.82. The van der Waals surface area contributed by atoms with Gasteiger partial charge in [0.05, 0.1) is 11.4 Å². The highest BCUT2D eigenvalue weighted by atomic mass is 16.2. The van der Waals surface area contributed by atoms with Gasteiger partial charge in [-0.15, -0.1) is 0 Å². The zero-order chi connectivity index (χ0) is 20.4. The Labute approximate surface area is 173 Å². The Morgan fingerprint density at radius 1 is 0.793 bits per heavy atom. The zero-order valence-electron chi connectivity index (χ0n) is 17.2. The molecule has 0 saturated carbocycles. The summed E-state index contributed by atoms with van der Waals surface area (Å²) in [6, 6.07) is 28.4. The Kier molecular flexibility index (Phi) is 5.12. The third-order valence-electron chi connectivity index (χ3n) is 5.78. The van der Waals surface area contributed by atoms with E-state index in [2.05, 4.69) is 37.2 Å². The van der Waals surface area contributed by atoms with Gasteiger partial charge in [0.25, 0.3) is 5.91 Å². The number of hydrogen-bond acceptors (Lipinski definition) is 3. The summed E-state index contributed by atoms with van der Waals surface area (Å²) >= 11 is 0. The average Bonchev–Trinajstić information content (AvgIpc) is 3.01. The summed E-state index contributed by atoms with van der Waals surface area (Å²) in [4.78, 5) is 16.3. The minimum Gasteiger partial charge on any atom is -0.309 e. The van der Waals surface area contributed by atoms with Gasteiger partial charge in [0.2, 0.25) is 0 Å². The van der Waals surface area contributed by atoms with E-state index in [1.54, 1.807) is 0 Å². The molecule has 0 radical (unpaired) electrons. The van der Waals surface area contributed by atoms with Crippen LogP contribution in [0.25, 0.3) is 0 Å². The molecule has 0 N–H and O–H groups in total. The minimum atomic E-state index is -0.703. The van der Waals surface area contributed by atoms with E-state index in [0.29, 0.717) is 0 Å². The first-order valence-electron chi connectivity index (χ1n) is 9.99. The summed E-state index contributed by atoms with van der Waals surface area (Å²) < 4.78 is 0. The standard InChI is InChI=1S/C25H27N3O/c1-26(2)19-18-25(20-12-6-4-7-13-20)22-16-10-11-17-23(22)28(24(25)29)27(3)21-14-8-5-9-15-21/h4-17H,18-19H2,1-3H3/t25-/m1/s1. The van der Waals surface area contributed by atoms with Crippen molar-refractivity contribution in [3.63, 3.8) is 0 Å². The van der Waals surface area contributed by atoms with E-state index in [9.17, 15) is 4.79 Å². The second kappa shape index (κ2) is 7.72. The molecule has 1 aliphatic rings. The topological polar surface area (TPSA) is 26.8 Å². The number of carbonyl (C=O) groups excluding carboxylic acids is 1. The number of nitrogens with zero attached hydrogens (tertiary/aromatic N) is 3. The maximum absolute atomic E-state index is 14.2. The molecule has 0 spiro atoms. The van der Waals surface area contributed by atoms with Crippen LogP contribution in [0.5, 0.6) is 0 Å². The fourth-order valence-corrected chi connectivity index (χ4v) is 4.26. The molecular weight excluding hydrogens is 358 g/mol. The average molecular weight is 386 g/mol. The van der Waals surface area contributed by atoms with Gasteiger partial charge in [-0.1, -0.05) is 66.7 Å². The smallest absolute Gasteiger partial charge is 0.261 e. The van der Waals surface area contributed by atoms with Crippen molar-refractivity contribution in [3.8, 4) is 0 Å². The van der Waals surface area contributed by atoms with Gasteiger partial charge in [-0.2, -0.15) is 0 Å². The van der Waals surface area contributed by atoms with Gasteiger partial charge in [0.1, 0.15) is 5.41 Å². The molecule has 0 fully saturated rings. The van der Waals surface area contributed by atoms with Crippen molar-refractivity contribution < 1.29 is 4.79 Å². The number of fused-ring (bicyclic) bond motifs is 1. The molecule has 3 aromatic rings. The van der Waals surface area contributed by atoms with Crippen LogP contribution in [-0.2, 0) is 10.2 Å². The van der Waals surface area contributed by atoms with E-state index in [0.717, 1.165) is 35.5 Å². The van der Waals surface area contributed by atoms with Gasteiger partial charge < -0.3 is 4.90 Å². The summed E-state index contributed by atoms with van der Waals surface area (Å²) in [5.74, 6) is 0.0955. The van der Waals surface area contributed by atoms with Crippen LogP contribution in [0.3, 0.4) is 0 Å². The summed E-state index contributed by atoms with van der Waals surface area (Å²) in [6.45, 7) is 0.817. The Hall–Kier alpha value is -3.11. The number of para-hydroxylation sites is 2. The predicted molar refractivity (Wildman–Crippen MR) is 119 cm³/mol. The summed E-state index contributed by atoms with van der Waals surface area (Å²) in [6.07, 6.45) is 0.721. The van der Waals surface area contributed by atoms with Crippen molar-refractivity contribution in [3.05, 3.63) is 96.1 Å². The summed E-state index contributed by atoms with van der Waals surface area (Å²) in [5.41, 5.74) is 3.34. The van der Waals surface area contributed by atoms with E-state index >= 15 is 0 Å². The third kappa shape index (κ3) is 3.19. The van der Waals surface area contributed by atoms with Crippen LogP contribution >= 0.6 is 0 Å². The molecule has 0 unspecified atom stereocenters. The molecule has 4 nitrogen and oxygen atoms in total. The quantitative estimate of drug-likeness (QED) is 0.632. The van der Waals surface area contributed by atoms with E-state index in [1.807, 2.05) is 83.8 Å². The van der Waals surface area contributed by atoms with E-state index in [-0.39, 0.29) is 5.91 Å². The lowest BCUT2D eigenvalue weighted by Gasteiger charge is -2.34. The fourth-order valence-electron chi connectivity index (χ4n) is 4.26. The van der Waals surface area contributed by atoms with Crippen molar-refractivity contribution in [2.24, 2.45) is 0 Å². The van der Waals surface area contributed by atoms with Crippen LogP contribution in [0.4, 0.5) is 11.4 Å². The van der Waals surface area contributed by atoms with Gasteiger partial charge in [-0.3, -0.25) is 9.80 Å². The van der Waals surface area contributed by atoms with Gasteiger partial charge in [-0.05, 0) is 56.4 Å². The number of amides is 1.